The molecule has 1 heterocycles. The first kappa shape index (κ1) is 16.6. The van der Waals surface area contributed by atoms with Gasteiger partial charge in [0.25, 0.3) is 5.91 Å². The molecule has 1 atom stereocenters. The molecular formula is C17H22N2O2S. The van der Waals surface area contributed by atoms with Gasteiger partial charge in [-0.2, -0.15) is 0 Å². The van der Waals surface area contributed by atoms with E-state index in [1.807, 2.05) is 32.0 Å². The van der Waals surface area contributed by atoms with Crippen LogP contribution in [0.2, 0.25) is 0 Å². The van der Waals surface area contributed by atoms with Crippen LogP contribution in [0.15, 0.2) is 30.3 Å². The molecule has 1 amide bonds. The first-order chi connectivity index (χ1) is 10.6. The number of rotatable bonds is 7. The summed E-state index contributed by atoms with van der Waals surface area (Å²) in [6.07, 6.45) is 2.22. The predicted octanol–water partition coefficient (Wildman–Crippen LogP) is 2.93. The fourth-order valence-electron chi connectivity index (χ4n) is 2.27. The quantitative estimate of drug-likeness (QED) is 0.825. The van der Waals surface area contributed by atoms with E-state index in [4.69, 9.17) is 5.11 Å². The summed E-state index contributed by atoms with van der Waals surface area (Å²) in [4.78, 5) is 17.5. The van der Waals surface area contributed by atoms with Crippen molar-refractivity contribution in [1.29, 1.82) is 0 Å². The Hall–Kier alpha value is -1.72. The Morgan fingerprint density at radius 1 is 1.36 bits per heavy atom. The molecule has 5 heteroatoms. The lowest BCUT2D eigenvalue weighted by atomic mass is 10.2. The van der Waals surface area contributed by atoms with Gasteiger partial charge in [0.15, 0.2) is 0 Å². The fraction of sp³-hybridized carbons (Fsp3) is 0.412. The Labute approximate surface area is 135 Å². The van der Waals surface area contributed by atoms with E-state index in [2.05, 4.69) is 22.4 Å². The molecule has 0 saturated heterocycles. The second-order valence-corrected chi connectivity index (χ2v) is 6.51. The minimum atomic E-state index is -0.0697. The lowest BCUT2D eigenvalue weighted by Crippen LogP contribution is -2.32. The Kier molecular flexibility index (Phi) is 6.10. The van der Waals surface area contributed by atoms with Crippen molar-refractivity contribution in [2.75, 3.05) is 6.61 Å². The number of thiazole rings is 1. The number of hydrogen-bond acceptors (Lipinski definition) is 4. The molecular weight excluding hydrogens is 296 g/mol. The minimum absolute atomic E-state index is 0.0544. The summed E-state index contributed by atoms with van der Waals surface area (Å²) in [5, 5.41) is 12.8. The number of hydrogen-bond donors (Lipinski definition) is 2. The lowest BCUT2D eigenvalue weighted by Gasteiger charge is -2.12. The smallest absolute Gasteiger partial charge is 0.263 e. The van der Waals surface area contributed by atoms with Crippen molar-refractivity contribution in [2.45, 2.75) is 39.2 Å². The van der Waals surface area contributed by atoms with E-state index in [0.717, 1.165) is 23.5 Å². The number of nitrogens with zero attached hydrogens (tertiary/aromatic N) is 1. The zero-order valence-corrected chi connectivity index (χ0v) is 13.8. The van der Waals surface area contributed by atoms with Crippen LogP contribution in [0.1, 0.15) is 45.7 Å². The molecule has 0 aliphatic carbocycles. The molecule has 1 aromatic heterocycles. The van der Waals surface area contributed by atoms with E-state index >= 15 is 0 Å². The monoisotopic (exact) mass is 318 g/mol. The number of aryl methyl sites for hydroxylation is 1. The first-order valence-electron chi connectivity index (χ1n) is 7.52. The first-order valence-corrected chi connectivity index (χ1v) is 8.33. The average Bonchev–Trinajstić information content (AvgIpc) is 2.87. The predicted molar refractivity (Wildman–Crippen MR) is 89.3 cm³/mol. The summed E-state index contributed by atoms with van der Waals surface area (Å²) >= 11 is 1.46. The molecule has 0 spiro atoms. The van der Waals surface area contributed by atoms with Crippen molar-refractivity contribution < 1.29 is 9.90 Å². The van der Waals surface area contributed by atoms with Gasteiger partial charge < -0.3 is 10.4 Å². The van der Waals surface area contributed by atoms with Gasteiger partial charge in [-0.15, -0.1) is 11.3 Å². The van der Waals surface area contributed by atoms with Crippen LogP contribution >= 0.6 is 11.3 Å². The van der Waals surface area contributed by atoms with Crippen molar-refractivity contribution in [3.05, 3.63) is 51.5 Å². The zero-order valence-electron chi connectivity index (χ0n) is 13.0. The third kappa shape index (κ3) is 4.64. The number of aromatic nitrogens is 1. The lowest BCUT2D eigenvalue weighted by molar-refractivity contribution is 0.0939. The van der Waals surface area contributed by atoms with Crippen LogP contribution < -0.4 is 5.32 Å². The van der Waals surface area contributed by atoms with E-state index < -0.39 is 0 Å². The van der Waals surface area contributed by atoms with Crippen LogP contribution in [0.5, 0.6) is 0 Å². The molecule has 0 fully saturated rings. The van der Waals surface area contributed by atoms with E-state index in [1.54, 1.807) is 0 Å². The molecule has 0 saturated carbocycles. The van der Waals surface area contributed by atoms with Gasteiger partial charge in [-0.05, 0) is 32.3 Å². The van der Waals surface area contributed by atoms with Crippen molar-refractivity contribution in [3.63, 3.8) is 0 Å². The standard InChI is InChI=1S/C17H22N2O2S/c1-12(7-6-10-20)18-17(21)16-13(2)19-15(22-16)11-14-8-4-3-5-9-14/h3-5,8-9,12,20H,6-7,10-11H2,1-2H3,(H,18,21). The maximum atomic E-state index is 12.3. The Bertz CT molecular complexity index is 610. The number of amides is 1. The maximum absolute atomic E-state index is 12.3. The Morgan fingerprint density at radius 2 is 2.09 bits per heavy atom. The molecule has 22 heavy (non-hydrogen) atoms. The zero-order chi connectivity index (χ0) is 15.9. The highest BCUT2D eigenvalue weighted by molar-refractivity contribution is 7.13. The second kappa shape index (κ2) is 8.06. The number of nitrogens with one attached hydrogen (secondary N) is 1. The van der Waals surface area contributed by atoms with Crippen LogP contribution in [0.4, 0.5) is 0 Å². The fourth-order valence-corrected chi connectivity index (χ4v) is 3.27. The van der Waals surface area contributed by atoms with E-state index in [1.165, 1.54) is 16.9 Å². The van der Waals surface area contributed by atoms with Crippen LogP contribution in [0.3, 0.4) is 0 Å². The van der Waals surface area contributed by atoms with Gasteiger partial charge in [-0.25, -0.2) is 4.98 Å². The third-order valence-electron chi connectivity index (χ3n) is 3.42. The number of carbonyl (C=O) groups is 1. The van der Waals surface area contributed by atoms with Crippen molar-refractivity contribution in [2.24, 2.45) is 0 Å². The Morgan fingerprint density at radius 3 is 2.77 bits per heavy atom. The van der Waals surface area contributed by atoms with Gasteiger partial charge in [-0.3, -0.25) is 4.79 Å². The molecule has 0 aliphatic heterocycles. The molecule has 4 nitrogen and oxygen atoms in total. The highest BCUT2D eigenvalue weighted by Gasteiger charge is 2.17. The molecule has 0 aliphatic rings. The normalized spacial score (nSPS) is 12.1. The molecule has 2 N–H and O–H groups in total. The maximum Gasteiger partial charge on any atom is 0.263 e. The summed E-state index contributed by atoms with van der Waals surface area (Å²) in [5.74, 6) is -0.0697. The van der Waals surface area contributed by atoms with Gasteiger partial charge in [0, 0.05) is 19.1 Å². The second-order valence-electron chi connectivity index (χ2n) is 5.42. The molecule has 2 aromatic rings. The third-order valence-corrected chi connectivity index (χ3v) is 4.57. The van der Waals surface area contributed by atoms with Gasteiger partial charge in [-0.1, -0.05) is 30.3 Å². The van der Waals surface area contributed by atoms with Gasteiger partial charge in [0.1, 0.15) is 4.88 Å². The number of aliphatic hydroxyl groups is 1. The van der Waals surface area contributed by atoms with Gasteiger partial charge in [0.05, 0.1) is 10.7 Å². The van der Waals surface area contributed by atoms with Crippen molar-refractivity contribution in [1.82, 2.24) is 10.3 Å². The van der Waals surface area contributed by atoms with E-state index in [9.17, 15) is 4.79 Å². The molecule has 1 unspecified atom stereocenters. The molecule has 0 bridgehead atoms. The van der Waals surface area contributed by atoms with Gasteiger partial charge >= 0.3 is 0 Å². The van der Waals surface area contributed by atoms with Crippen LogP contribution in [0.25, 0.3) is 0 Å². The summed E-state index contributed by atoms with van der Waals surface area (Å²) in [5.41, 5.74) is 1.97. The summed E-state index contributed by atoms with van der Waals surface area (Å²) < 4.78 is 0. The number of benzene rings is 1. The molecule has 0 radical (unpaired) electrons. The molecule has 2 rings (SSSR count). The minimum Gasteiger partial charge on any atom is -0.396 e. The van der Waals surface area contributed by atoms with Gasteiger partial charge in [0.2, 0.25) is 0 Å². The largest absolute Gasteiger partial charge is 0.396 e. The van der Waals surface area contributed by atoms with Crippen LogP contribution in [-0.4, -0.2) is 28.6 Å². The molecule has 118 valence electrons. The number of carbonyl (C=O) groups excluding carboxylic acids is 1. The van der Waals surface area contributed by atoms with Crippen molar-refractivity contribution in [3.8, 4) is 0 Å². The number of aliphatic hydroxyl groups excluding tert-OH is 1. The van der Waals surface area contributed by atoms with E-state index in [-0.39, 0.29) is 18.6 Å². The summed E-state index contributed by atoms with van der Waals surface area (Å²) in [6, 6.07) is 10.2. The topological polar surface area (TPSA) is 62.2 Å². The van der Waals surface area contributed by atoms with E-state index in [0.29, 0.717) is 11.3 Å². The van der Waals surface area contributed by atoms with Crippen molar-refractivity contribution >= 4 is 17.2 Å². The van der Waals surface area contributed by atoms with Crippen LogP contribution in [0, 0.1) is 6.92 Å². The average molecular weight is 318 g/mol. The molecule has 1 aromatic carbocycles. The highest BCUT2D eigenvalue weighted by atomic mass is 32.1. The highest BCUT2D eigenvalue weighted by Crippen LogP contribution is 2.21. The SMILES string of the molecule is Cc1nc(Cc2ccccc2)sc1C(=O)NC(C)CCCO. The Balaban J connectivity index is 2.01. The summed E-state index contributed by atoms with van der Waals surface area (Å²) in [7, 11) is 0. The summed E-state index contributed by atoms with van der Waals surface area (Å²) in [6.45, 7) is 3.98. The van der Waals surface area contributed by atoms with Crippen LogP contribution in [-0.2, 0) is 6.42 Å².